The Bertz CT molecular complexity index is 592. The van der Waals surface area contributed by atoms with E-state index in [-0.39, 0.29) is 5.82 Å². The second-order valence-corrected chi connectivity index (χ2v) is 5.07. The fraction of sp³-hybridized carbons (Fsp3) is 0.462. The first kappa shape index (κ1) is 15.8. The summed E-state index contributed by atoms with van der Waals surface area (Å²) in [6, 6.07) is 4.40. The smallest absolute Gasteiger partial charge is 0.165 e. The number of rotatable bonds is 7. The molecule has 0 bridgehead atoms. The van der Waals surface area contributed by atoms with Crippen LogP contribution in [0, 0.1) is 5.82 Å². The molecule has 2 rings (SSSR count). The number of nitrogens with zero attached hydrogens (tertiary/aromatic N) is 5. The number of halogens is 2. The van der Waals surface area contributed by atoms with Gasteiger partial charge in [-0.15, -0.1) is 5.10 Å². The molecule has 0 saturated heterocycles. The SMILES string of the molecule is COCCN(Cc1ccc(F)cc1Cl)Cc1nnnn1C. The van der Waals surface area contributed by atoms with Crippen LogP contribution in [0.3, 0.4) is 0 Å². The largest absolute Gasteiger partial charge is 0.383 e. The molecule has 1 heterocycles. The first-order valence-corrected chi connectivity index (χ1v) is 6.84. The normalized spacial score (nSPS) is 11.3. The molecule has 0 aliphatic carbocycles. The number of benzene rings is 1. The van der Waals surface area contributed by atoms with Crippen molar-refractivity contribution < 1.29 is 9.13 Å². The summed E-state index contributed by atoms with van der Waals surface area (Å²) in [7, 11) is 3.43. The molecule has 0 fully saturated rings. The van der Waals surface area contributed by atoms with Gasteiger partial charge in [-0.3, -0.25) is 4.90 Å². The van der Waals surface area contributed by atoms with Gasteiger partial charge in [0.05, 0.1) is 13.2 Å². The van der Waals surface area contributed by atoms with Gasteiger partial charge in [-0.1, -0.05) is 17.7 Å². The van der Waals surface area contributed by atoms with E-state index in [0.29, 0.717) is 31.3 Å². The molecule has 1 aromatic carbocycles. The van der Waals surface area contributed by atoms with Gasteiger partial charge in [-0.25, -0.2) is 9.07 Å². The maximum absolute atomic E-state index is 13.1. The molecule has 0 radical (unpaired) electrons. The predicted octanol–water partition coefficient (Wildman–Crippen LogP) is 1.65. The Labute approximate surface area is 127 Å². The van der Waals surface area contributed by atoms with Gasteiger partial charge in [0.25, 0.3) is 0 Å². The highest BCUT2D eigenvalue weighted by Crippen LogP contribution is 2.19. The van der Waals surface area contributed by atoms with E-state index in [1.54, 1.807) is 24.9 Å². The maximum atomic E-state index is 13.1. The van der Waals surface area contributed by atoms with E-state index in [1.165, 1.54) is 12.1 Å². The van der Waals surface area contributed by atoms with Crippen LogP contribution in [0.2, 0.25) is 5.02 Å². The van der Waals surface area contributed by atoms with E-state index < -0.39 is 0 Å². The van der Waals surface area contributed by atoms with Gasteiger partial charge in [0.1, 0.15) is 5.82 Å². The summed E-state index contributed by atoms with van der Waals surface area (Å²) in [5.74, 6) is 0.397. The lowest BCUT2D eigenvalue weighted by atomic mass is 10.2. The first-order valence-electron chi connectivity index (χ1n) is 6.46. The Balaban J connectivity index is 2.10. The van der Waals surface area contributed by atoms with Crippen LogP contribution in [0.15, 0.2) is 18.2 Å². The minimum absolute atomic E-state index is 0.343. The number of hydrogen-bond acceptors (Lipinski definition) is 5. The van der Waals surface area contributed by atoms with Gasteiger partial charge >= 0.3 is 0 Å². The zero-order valence-electron chi connectivity index (χ0n) is 12.0. The van der Waals surface area contributed by atoms with Crippen molar-refractivity contribution >= 4 is 11.6 Å². The summed E-state index contributed by atoms with van der Waals surface area (Å²) < 4.78 is 19.8. The highest BCUT2D eigenvalue weighted by atomic mass is 35.5. The minimum Gasteiger partial charge on any atom is -0.383 e. The second-order valence-electron chi connectivity index (χ2n) is 4.66. The van der Waals surface area contributed by atoms with Crippen molar-refractivity contribution in [1.29, 1.82) is 0 Å². The molecular weight excluding hydrogens is 297 g/mol. The van der Waals surface area contributed by atoms with Crippen LogP contribution in [0.1, 0.15) is 11.4 Å². The van der Waals surface area contributed by atoms with Crippen LogP contribution in [0.5, 0.6) is 0 Å². The Kier molecular flexibility index (Phi) is 5.60. The van der Waals surface area contributed by atoms with E-state index in [0.717, 1.165) is 11.4 Å². The Morgan fingerprint density at radius 2 is 2.19 bits per heavy atom. The molecule has 2 aromatic rings. The van der Waals surface area contributed by atoms with Crippen LogP contribution in [0.4, 0.5) is 4.39 Å². The average Bonchev–Trinajstić information content (AvgIpc) is 2.84. The highest BCUT2D eigenvalue weighted by molar-refractivity contribution is 6.31. The van der Waals surface area contributed by atoms with Gasteiger partial charge in [0.15, 0.2) is 5.82 Å². The van der Waals surface area contributed by atoms with Gasteiger partial charge in [0.2, 0.25) is 0 Å². The van der Waals surface area contributed by atoms with Gasteiger partial charge < -0.3 is 4.74 Å². The number of methoxy groups -OCH3 is 1. The van der Waals surface area contributed by atoms with E-state index in [4.69, 9.17) is 16.3 Å². The summed E-state index contributed by atoms with van der Waals surface area (Å²) in [4.78, 5) is 2.09. The lowest BCUT2D eigenvalue weighted by molar-refractivity contribution is 0.137. The minimum atomic E-state index is -0.343. The zero-order chi connectivity index (χ0) is 15.2. The molecule has 0 spiro atoms. The van der Waals surface area contributed by atoms with Crippen molar-refractivity contribution in [1.82, 2.24) is 25.1 Å². The number of aryl methyl sites for hydroxylation is 1. The third-order valence-corrected chi connectivity index (χ3v) is 3.45. The molecule has 0 N–H and O–H groups in total. The zero-order valence-corrected chi connectivity index (χ0v) is 12.7. The molecule has 114 valence electrons. The molecule has 8 heteroatoms. The fourth-order valence-electron chi connectivity index (χ4n) is 1.91. The second kappa shape index (κ2) is 7.44. The number of hydrogen-bond donors (Lipinski definition) is 0. The molecule has 0 aliphatic rings. The van der Waals surface area contributed by atoms with Gasteiger partial charge in [-0.05, 0) is 28.1 Å². The number of ether oxygens (including phenoxy) is 1. The van der Waals surface area contributed by atoms with E-state index in [9.17, 15) is 4.39 Å². The monoisotopic (exact) mass is 313 g/mol. The Morgan fingerprint density at radius 1 is 1.38 bits per heavy atom. The average molecular weight is 314 g/mol. The van der Waals surface area contributed by atoms with Crippen LogP contribution in [-0.2, 0) is 24.9 Å². The van der Waals surface area contributed by atoms with Crippen LogP contribution < -0.4 is 0 Å². The van der Waals surface area contributed by atoms with Crippen LogP contribution >= 0.6 is 11.6 Å². The summed E-state index contributed by atoms with van der Waals surface area (Å²) >= 11 is 6.08. The first-order chi connectivity index (χ1) is 10.1. The van der Waals surface area contributed by atoms with Crippen LogP contribution in [0.25, 0.3) is 0 Å². The predicted molar refractivity (Wildman–Crippen MR) is 76.2 cm³/mol. The summed E-state index contributed by atoms with van der Waals surface area (Å²) in [5.41, 5.74) is 0.851. The topological polar surface area (TPSA) is 56.1 Å². The molecular formula is C13H17ClFN5O. The maximum Gasteiger partial charge on any atom is 0.165 e. The van der Waals surface area contributed by atoms with Crippen molar-refractivity contribution in [2.45, 2.75) is 13.1 Å². The van der Waals surface area contributed by atoms with Crippen LogP contribution in [-0.4, -0.2) is 45.4 Å². The summed E-state index contributed by atoms with van der Waals surface area (Å²) in [6.45, 7) is 2.39. The molecule has 0 saturated carbocycles. The van der Waals surface area contributed by atoms with E-state index in [1.807, 2.05) is 0 Å². The molecule has 0 atom stereocenters. The molecule has 1 aromatic heterocycles. The molecule has 21 heavy (non-hydrogen) atoms. The molecule has 6 nitrogen and oxygen atoms in total. The lowest BCUT2D eigenvalue weighted by Gasteiger charge is -2.21. The summed E-state index contributed by atoms with van der Waals surface area (Å²) in [5, 5.41) is 11.8. The van der Waals surface area contributed by atoms with Crippen molar-refractivity contribution in [2.75, 3.05) is 20.3 Å². The third-order valence-electron chi connectivity index (χ3n) is 3.09. The quantitative estimate of drug-likeness (QED) is 0.778. The van der Waals surface area contributed by atoms with Gasteiger partial charge in [0, 0.05) is 32.3 Å². The summed E-state index contributed by atoms with van der Waals surface area (Å²) in [6.07, 6.45) is 0. The van der Waals surface area contributed by atoms with Crippen molar-refractivity contribution in [3.8, 4) is 0 Å². The van der Waals surface area contributed by atoms with Crippen molar-refractivity contribution in [3.05, 3.63) is 40.4 Å². The highest BCUT2D eigenvalue weighted by Gasteiger charge is 2.13. The van der Waals surface area contributed by atoms with Crippen molar-refractivity contribution in [2.24, 2.45) is 7.05 Å². The van der Waals surface area contributed by atoms with E-state index in [2.05, 4.69) is 20.4 Å². The molecule has 0 unspecified atom stereocenters. The Hall–Kier alpha value is -1.57. The van der Waals surface area contributed by atoms with Gasteiger partial charge in [-0.2, -0.15) is 0 Å². The standard InChI is InChI=1S/C13H17ClFN5O/c1-19-13(16-17-18-19)9-20(5-6-21-2)8-10-3-4-11(15)7-12(10)14/h3-4,7H,5-6,8-9H2,1-2H3. The number of aromatic nitrogens is 4. The van der Waals surface area contributed by atoms with Crippen molar-refractivity contribution in [3.63, 3.8) is 0 Å². The van der Waals surface area contributed by atoms with E-state index >= 15 is 0 Å². The lowest BCUT2D eigenvalue weighted by Crippen LogP contribution is -2.28. The third kappa shape index (κ3) is 4.45. The Morgan fingerprint density at radius 3 is 2.81 bits per heavy atom. The molecule has 0 amide bonds. The number of tetrazole rings is 1. The fourth-order valence-corrected chi connectivity index (χ4v) is 2.13. The molecule has 0 aliphatic heterocycles.